The molecule has 4 nitrogen and oxygen atoms in total. The predicted molar refractivity (Wildman–Crippen MR) is 79.7 cm³/mol. The van der Waals surface area contributed by atoms with Crippen LogP contribution in [0.2, 0.25) is 5.02 Å². The van der Waals surface area contributed by atoms with Crippen molar-refractivity contribution < 1.29 is 4.74 Å². The Balaban J connectivity index is 1.61. The molecule has 3 rings (SSSR count). The number of hydrogen-bond acceptors (Lipinski definition) is 3. The largest absolute Gasteiger partial charge is 0.490 e. The minimum absolute atomic E-state index is 0.596. The first-order valence-corrected chi connectivity index (χ1v) is 7.33. The van der Waals surface area contributed by atoms with Crippen molar-refractivity contribution in [1.82, 2.24) is 15.1 Å². The molecule has 1 aliphatic heterocycles. The van der Waals surface area contributed by atoms with Crippen molar-refractivity contribution in [2.24, 2.45) is 5.92 Å². The van der Waals surface area contributed by atoms with Gasteiger partial charge in [-0.3, -0.25) is 0 Å². The van der Waals surface area contributed by atoms with Crippen molar-refractivity contribution in [2.75, 3.05) is 19.7 Å². The van der Waals surface area contributed by atoms with E-state index in [1.165, 1.54) is 12.8 Å². The Morgan fingerprint density at radius 1 is 1.45 bits per heavy atom. The van der Waals surface area contributed by atoms with Crippen LogP contribution >= 0.6 is 11.6 Å². The predicted octanol–water partition coefficient (Wildman–Crippen LogP) is 2.90. The Morgan fingerprint density at radius 3 is 3.20 bits per heavy atom. The molecule has 1 aromatic carbocycles. The minimum atomic E-state index is 0.596. The lowest BCUT2D eigenvalue weighted by Crippen LogP contribution is -2.32. The zero-order valence-corrected chi connectivity index (χ0v) is 12.0. The highest BCUT2D eigenvalue weighted by Crippen LogP contribution is 2.18. The van der Waals surface area contributed by atoms with Crippen LogP contribution < -0.4 is 10.1 Å². The quantitative estimate of drug-likeness (QED) is 0.941. The van der Waals surface area contributed by atoms with E-state index in [0.717, 1.165) is 31.1 Å². The average Bonchev–Trinajstić information content (AvgIpc) is 2.95. The molecule has 1 saturated heterocycles. The first-order chi connectivity index (χ1) is 9.81. The Bertz CT molecular complexity index is 564. The van der Waals surface area contributed by atoms with E-state index in [2.05, 4.69) is 10.4 Å². The van der Waals surface area contributed by atoms with E-state index in [1.54, 1.807) is 10.9 Å². The van der Waals surface area contributed by atoms with Crippen molar-refractivity contribution in [3.8, 4) is 11.4 Å². The van der Waals surface area contributed by atoms with Gasteiger partial charge in [-0.05, 0) is 37.6 Å². The van der Waals surface area contributed by atoms with E-state index in [9.17, 15) is 0 Å². The van der Waals surface area contributed by atoms with Gasteiger partial charge in [0.15, 0.2) is 5.75 Å². The summed E-state index contributed by atoms with van der Waals surface area (Å²) in [6.07, 6.45) is 6.10. The second kappa shape index (κ2) is 6.29. The Hall–Kier alpha value is -1.52. The Morgan fingerprint density at radius 2 is 2.40 bits per heavy atom. The number of aromatic nitrogens is 2. The molecule has 0 aliphatic carbocycles. The number of piperidine rings is 1. The van der Waals surface area contributed by atoms with Crippen LogP contribution in [0.15, 0.2) is 36.7 Å². The molecule has 2 heterocycles. The van der Waals surface area contributed by atoms with Crippen LogP contribution in [-0.2, 0) is 0 Å². The van der Waals surface area contributed by atoms with E-state index < -0.39 is 0 Å². The maximum absolute atomic E-state index is 5.98. The molecule has 1 aromatic heterocycles. The van der Waals surface area contributed by atoms with E-state index in [0.29, 0.717) is 10.9 Å². The van der Waals surface area contributed by atoms with Crippen molar-refractivity contribution in [2.45, 2.75) is 12.8 Å². The van der Waals surface area contributed by atoms with Gasteiger partial charge >= 0.3 is 0 Å². The molecule has 0 bridgehead atoms. The van der Waals surface area contributed by atoms with Gasteiger partial charge in [0, 0.05) is 17.5 Å². The van der Waals surface area contributed by atoms with E-state index in [4.69, 9.17) is 16.3 Å². The molecule has 1 fully saturated rings. The van der Waals surface area contributed by atoms with Crippen molar-refractivity contribution in [3.63, 3.8) is 0 Å². The van der Waals surface area contributed by atoms with Crippen LogP contribution in [0.25, 0.3) is 5.69 Å². The van der Waals surface area contributed by atoms with Crippen LogP contribution in [-0.4, -0.2) is 29.5 Å². The maximum Gasteiger partial charge on any atom is 0.157 e. The summed E-state index contributed by atoms with van der Waals surface area (Å²) in [5, 5.41) is 8.40. The van der Waals surface area contributed by atoms with E-state index in [-0.39, 0.29) is 0 Å². The van der Waals surface area contributed by atoms with E-state index in [1.807, 2.05) is 30.5 Å². The first-order valence-electron chi connectivity index (χ1n) is 6.95. The van der Waals surface area contributed by atoms with Gasteiger partial charge in [-0.2, -0.15) is 5.10 Å². The molecule has 1 N–H and O–H groups in total. The van der Waals surface area contributed by atoms with Crippen molar-refractivity contribution >= 4 is 11.6 Å². The normalized spacial score (nSPS) is 18.9. The summed E-state index contributed by atoms with van der Waals surface area (Å²) in [7, 11) is 0. The fourth-order valence-corrected chi connectivity index (χ4v) is 2.61. The summed E-state index contributed by atoms with van der Waals surface area (Å²) in [5.41, 5.74) is 0.937. The summed E-state index contributed by atoms with van der Waals surface area (Å²) >= 11 is 5.98. The standard InChI is InChI=1S/C15H18ClN3O/c16-13-4-1-5-14(7-13)19-10-15(9-18-19)20-11-12-3-2-6-17-8-12/h1,4-5,7,9-10,12,17H,2-3,6,8,11H2. The SMILES string of the molecule is Clc1cccc(-n2cc(OCC3CCCNC3)cn2)c1. The number of nitrogens with zero attached hydrogens (tertiary/aromatic N) is 2. The van der Waals surface area contributed by atoms with Gasteiger partial charge in [0.05, 0.1) is 24.7 Å². The zero-order chi connectivity index (χ0) is 13.8. The molecule has 1 aliphatic rings. The Kier molecular flexibility index (Phi) is 4.23. The topological polar surface area (TPSA) is 39.1 Å². The third-order valence-corrected chi connectivity index (χ3v) is 3.75. The molecule has 0 spiro atoms. The number of rotatable bonds is 4. The van der Waals surface area contributed by atoms with Gasteiger partial charge in [-0.1, -0.05) is 17.7 Å². The van der Waals surface area contributed by atoms with Crippen LogP contribution in [0.1, 0.15) is 12.8 Å². The number of hydrogen-bond donors (Lipinski definition) is 1. The molecule has 5 heteroatoms. The van der Waals surface area contributed by atoms with Crippen LogP contribution in [0.5, 0.6) is 5.75 Å². The van der Waals surface area contributed by atoms with E-state index >= 15 is 0 Å². The van der Waals surface area contributed by atoms with Gasteiger partial charge in [-0.15, -0.1) is 0 Å². The third-order valence-electron chi connectivity index (χ3n) is 3.52. The Labute approximate surface area is 123 Å². The number of ether oxygens (including phenoxy) is 1. The molecular weight excluding hydrogens is 274 g/mol. The lowest BCUT2D eigenvalue weighted by molar-refractivity contribution is 0.218. The van der Waals surface area contributed by atoms with Crippen LogP contribution in [0.4, 0.5) is 0 Å². The second-order valence-corrected chi connectivity index (χ2v) is 5.56. The van der Waals surface area contributed by atoms with Crippen molar-refractivity contribution in [1.29, 1.82) is 0 Å². The minimum Gasteiger partial charge on any atom is -0.490 e. The second-order valence-electron chi connectivity index (χ2n) is 5.12. The lowest BCUT2D eigenvalue weighted by atomic mass is 10.0. The fraction of sp³-hybridized carbons (Fsp3) is 0.400. The van der Waals surface area contributed by atoms with Crippen molar-refractivity contribution in [3.05, 3.63) is 41.7 Å². The average molecular weight is 292 g/mol. The van der Waals surface area contributed by atoms with Gasteiger partial charge in [0.1, 0.15) is 0 Å². The van der Waals surface area contributed by atoms with Gasteiger partial charge in [-0.25, -0.2) is 4.68 Å². The molecule has 1 unspecified atom stereocenters. The fourth-order valence-electron chi connectivity index (χ4n) is 2.42. The first kappa shape index (κ1) is 13.5. The van der Waals surface area contributed by atoms with Gasteiger partial charge in [0.2, 0.25) is 0 Å². The maximum atomic E-state index is 5.98. The molecule has 106 valence electrons. The molecule has 0 saturated carbocycles. The van der Waals surface area contributed by atoms with Gasteiger partial charge in [0.25, 0.3) is 0 Å². The van der Waals surface area contributed by atoms with Crippen LogP contribution in [0, 0.1) is 5.92 Å². The number of nitrogens with one attached hydrogen (secondary N) is 1. The summed E-state index contributed by atoms with van der Waals surface area (Å²) in [6, 6.07) is 7.60. The number of benzene rings is 1. The van der Waals surface area contributed by atoms with Crippen LogP contribution in [0.3, 0.4) is 0 Å². The molecule has 1 atom stereocenters. The monoisotopic (exact) mass is 291 g/mol. The summed E-state index contributed by atoms with van der Waals surface area (Å²) < 4.78 is 7.60. The summed E-state index contributed by atoms with van der Waals surface area (Å²) in [6.45, 7) is 2.92. The highest BCUT2D eigenvalue weighted by molar-refractivity contribution is 6.30. The summed E-state index contributed by atoms with van der Waals surface area (Å²) in [4.78, 5) is 0. The van der Waals surface area contributed by atoms with Gasteiger partial charge < -0.3 is 10.1 Å². The molecule has 0 amide bonds. The number of halogens is 1. The lowest BCUT2D eigenvalue weighted by Gasteiger charge is -2.22. The molecule has 0 radical (unpaired) electrons. The zero-order valence-electron chi connectivity index (χ0n) is 11.3. The smallest absolute Gasteiger partial charge is 0.157 e. The molecular formula is C15H18ClN3O. The summed E-state index contributed by atoms with van der Waals surface area (Å²) in [5.74, 6) is 1.40. The highest BCUT2D eigenvalue weighted by Gasteiger charge is 2.14. The molecule has 2 aromatic rings. The highest BCUT2D eigenvalue weighted by atomic mass is 35.5. The molecule has 20 heavy (non-hydrogen) atoms. The third kappa shape index (κ3) is 3.32.